The van der Waals surface area contributed by atoms with Crippen LogP contribution in [-0.4, -0.2) is 51.8 Å². The Kier molecular flexibility index (Phi) is 6.45. The van der Waals surface area contributed by atoms with Crippen LogP contribution in [-0.2, 0) is 17.1 Å². The predicted molar refractivity (Wildman–Crippen MR) is 126 cm³/mol. The number of hydrogen-bond acceptors (Lipinski definition) is 8. The normalized spacial score (nSPS) is 23.2. The van der Waals surface area contributed by atoms with E-state index in [4.69, 9.17) is 4.74 Å². The first-order chi connectivity index (χ1) is 17.0. The van der Waals surface area contributed by atoms with E-state index in [2.05, 4.69) is 24.1 Å². The third kappa shape index (κ3) is 4.81. The van der Waals surface area contributed by atoms with Crippen molar-refractivity contribution in [3.63, 3.8) is 0 Å². The molecule has 3 atom stereocenters. The quantitative estimate of drug-likeness (QED) is 0.515. The Balaban J connectivity index is 1.47. The third-order valence-corrected chi connectivity index (χ3v) is 8.82. The molecule has 0 amide bonds. The Morgan fingerprint density at radius 2 is 2.00 bits per heavy atom. The van der Waals surface area contributed by atoms with Crippen LogP contribution in [0, 0.1) is 12.8 Å². The molecular formula is C22H25F3N6O3S2. The number of alkyl halides is 3. The maximum absolute atomic E-state index is 13.7. The van der Waals surface area contributed by atoms with Crippen molar-refractivity contribution < 1.29 is 26.3 Å². The van der Waals surface area contributed by atoms with E-state index in [1.807, 2.05) is 13.0 Å². The van der Waals surface area contributed by atoms with Crippen LogP contribution in [0.3, 0.4) is 0 Å². The first-order valence-electron chi connectivity index (χ1n) is 11.4. The molecule has 2 aliphatic heterocycles. The summed E-state index contributed by atoms with van der Waals surface area (Å²) < 4.78 is 80.4. The molecule has 1 unspecified atom stereocenters. The van der Waals surface area contributed by atoms with Crippen molar-refractivity contribution in [3.8, 4) is 5.75 Å². The van der Waals surface area contributed by atoms with Crippen LogP contribution in [0.5, 0.6) is 5.75 Å². The lowest BCUT2D eigenvalue weighted by Crippen LogP contribution is -2.44. The smallest absolute Gasteiger partial charge is 0.391 e. The number of hydrogen-bond donors (Lipinski definition) is 1. The average Bonchev–Trinajstić information content (AvgIpc) is 3.45. The molecule has 1 saturated heterocycles. The second-order valence-corrected chi connectivity index (χ2v) is 11.5. The molecule has 0 radical (unpaired) electrons. The van der Waals surface area contributed by atoms with Gasteiger partial charge in [-0.1, -0.05) is 6.07 Å². The van der Waals surface area contributed by atoms with Crippen molar-refractivity contribution in [2.24, 2.45) is 13.0 Å². The lowest BCUT2D eigenvalue weighted by atomic mass is 9.85. The highest BCUT2D eigenvalue weighted by Crippen LogP contribution is 2.48. The average molecular weight is 543 g/mol. The van der Waals surface area contributed by atoms with E-state index in [1.54, 1.807) is 17.8 Å². The first-order valence-corrected chi connectivity index (χ1v) is 13.7. The maximum atomic E-state index is 13.7. The van der Waals surface area contributed by atoms with Crippen molar-refractivity contribution in [1.82, 2.24) is 24.0 Å². The van der Waals surface area contributed by atoms with E-state index in [-0.39, 0.29) is 35.5 Å². The minimum absolute atomic E-state index is 0.00174. The molecule has 194 valence electrons. The molecule has 0 aliphatic carbocycles. The van der Waals surface area contributed by atoms with Crippen molar-refractivity contribution in [2.75, 3.05) is 17.9 Å². The number of piperidine rings is 1. The van der Waals surface area contributed by atoms with Crippen LogP contribution in [0.4, 0.5) is 18.3 Å². The summed E-state index contributed by atoms with van der Waals surface area (Å²) in [6.07, 6.45) is -2.50. The molecular weight excluding hydrogens is 517 g/mol. The van der Waals surface area contributed by atoms with Crippen molar-refractivity contribution >= 4 is 26.7 Å². The molecule has 2 aromatic heterocycles. The van der Waals surface area contributed by atoms with Crippen LogP contribution in [0.1, 0.15) is 48.3 Å². The Morgan fingerprint density at radius 1 is 1.19 bits per heavy atom. The third-order valence-electron chi connectivity index (χ3n) is 6.77. The Hall–Kier alpha value is -2.71. The predicted octanol–water partition coefficient (Wildman–Crippen LogP) is 4.22. The Labute approximate surface area is 210 Å². The monoisotopic (exact) mass is 542 g/mol. The van der Waals surface area contributed by atoms with Gasteiger partial charge < -0.3 is 4.74 Å². The molecule has 1 aromatic carbocycles. The number of fused-ring (bicyclic) bond motifs is 1. The van der Waals surface area contributed by atoms with Gasteiger partial charge in [0.25, 0.3) is 10.0 Å². The number of aryl methyl sites for hydroxylation is 2. The van der Waals surface area contributed by atoms with E-state index in [0.717, 1.165) is 28.5 Å². The minimum Gasteiger partial charge on any atom is -0.493 e. The molecule has 1 N–H and O–H groups in total. The van der Waals surface area contributed by atoms with E-state index in [1.165, 1.54) is 18.5 Å². The van der Waals surface area contributed by atoms with E-state index < -0.39 is 28.2 Å². The summed E-state index contributed by atoms with van der Waals surface area (Å²) in [6, 6.07) is 5.75. The highest BCUT2D eigenvalue weighted by molar-refractivity contribution is 7.93. The molecule has 3 aromatic rings. The molecule has 1 fully saturated rings. The zero-order chi connectivity index (χ0) is 25.7. The molecule has 36 heavy (non-hydrogen) atoms. The van der Waals surface area contributed by atoms with E-state index in [0.29, 0.717) is 18.8 Å². The van der Waals surface area contributed by atoms with Crippen molar-refractivity contribution in [1.29, 1.82) is 0 Å². The summed E-state index contributed by atoms with van der Waals surface area (Å²) in [5.74, 6) is -0.989. The summed E-state index contributed by atoms with van der Waals surface area (Å²) >= 11 is 0.919. The zero-order valence-electron chi connectivity index (χ0n) is 19.6. The topological polar surface area (TPSA) is 102 Å². The van der Waals surface area contributed by atoms with Gasteiger partial charge in [0.15, 0.2) is 0 Å². The lowest BCUT2D eigenvalue weighted by molar-refractivity contribution is -0.192. The number of benzene rings is 1. The fourth-order valence-corrected chi connectivity index (χ4v) is 6.82. The van der Waals surface area contributed by atoms with Gasteiger partial charge in [0, 0.05) is 49.2 Å². The maximum Gasteiger partial charge on any atom is 0.391 e. The SMILES string of the molecule is Cc1cc([C@@H]2CC(C(F)(F)F)CCN2[C@H]2CCOc3cc(S(=O)(=O)Nc4ncns4)ccc32)n(C)n1. The van der Waals surface area contributed by atoms with Gasteiger partial charge in [-0.25, -0.2) is 13.4 Å². The molecule has 4 heterocycles. The molecule has 2 aliphatic rings. The van der Waals surface area contributed by atoms with Gasteiger partial charge in [-0.3, -0.25) is 14.3 Å². The summed E-state index contributed by atoms with van der Waals surface area (Å²) in [7, 11) is -2.16. The van der Waals surface area contributed by atoms with Crippen molar-refractivity contribution in [2.45, 2.75) is 49.3 Å². The summed E-state index contributed by atoms with van der Waals surface area (Å²) in [5.41, 5.74) is 2.23. The highest BCUT2D eigenvalue weighted by Gasteiger charge is 2.47. The second-order valence-electron chi connectivity index (χ2n) is 9.06. The molecule has 0 spiro atoms. The number of halogens is 3. The van der Waals surface area contributed by atoms with Crippen LogP contribution in [0.15, 0.2) is 35.5 Å². The van der Waals surface area contributed by atoms with Gasteiger partial charge in [-0.2, -0.15) is 22.6 Å². The van der Waals surface area contributed by atoms with Gasteiger partial charge >= 0.3 is 6.18 Å². The summed E-state index contributed by atoms with van der Waals surface area (Å²) in [4.78, 5) is 5.95. The van der Waals surface area contributed by atoms with Crippen LogP contribution < -0.4 is 9.46 Å². The van der Waals surface area contributed by atoms with E-state index >= 15 is 0 Å². The number of nitrogens with one attached hydrogen (secondary N) is 1. The zero-order valence-corrected chi connectivity index (χ0v) is 21.2. The number of sulfonamides is 1. The number of likely N-dealkylation sites (tertiary alicyclic amines) is 1. The van der Waals surface area contributed by atoms with Gasteiger partial charge in [-0.15, -0.1) is 0 Å². The second kappa shape index (κ2) is 9.30. The standard InChI is InChI=1S/C22H25F3N6O3S2/c1-13-9-18(30(2)28-13)19-10-14(22(23,24)25)5-7-31(19)17-6-8-34-20-11-15(3-4-16(17)20)36(32,33)29-21-26-12-27-35-21/h3-4,9,11-12,14,17,19H,5-8,10H2,1-2H3,(H,26,27,29)/t14?,17-,19-/m0/s1. The van der Waals surface area contributed by atoms with Crippen LogP contribution in [0.2, 0.25) is 0 Å². The molecule has 14 heteroatoms. The minimum atomic E-state index is -4.27. The number of anilines is 1. The molecule has 0 bridgehead atoms. The van der Waals surface area contributed by atoms with Gasteiger partial charge in [0.05, 0.1) is 34.8 Å². The van der Waals surface area contributed by atoms with E-state index in [9.17, 15) is 21.6 Å². The Morgan fingerprint density at radius 3 is 2.67 bits per heavy atom. The fraction of sp³-hybridized carbons (Fsp3) is 0.500. The molecule has 5 rings (SSSR count). The van der Waals surface area contributed by atoms with Crippen LogP contribution in [0.25, 0.3) is 0 Å². The number of ether oxygens (including phenoxy) is 1. The summed E-state index contributed by atoms with van der Waals surface area (Å²) in [5, 5.41) is 4.51. The van der Waals surface area contributed by atoms with Gasteiger partial charge in [-0.05, 0) is 31.9 Å². The summed E-state index contributed by atoms with van der Waals surface area (Å²) in [6.45, 7) is 2.39. The molecule has 9 nitrogen and oxygen atoms in total. The Bertz CT molecular complexity index is 1340. The lowest BCUT2D eigenvalue weighted by Gasteiger charge is -2.45. The van der Waals surface area contributed by atoms with Gasteiger partial charge in [0.1, 0.15) is 12.1 Å². The molecule has 0 saturated carbocycles. The fourth-order valence-electron chi connectivity index (χ4n) is 5.14. The highest BCUT2D eigenvalue weighted by atomic mass is 32.2. The number of rotatable bonds is 5. The van der Waals surface area contributed by atoms with Crippen LogP contribution >= 0.6 is 11.5 Å². The van der Waals surface area contributed by atoms with Gasteiger partial charge in [0.2, 0.25) is 5.13 Å². The first kappa shape index (κ1) is 25.0. The number of nitrogens with zero attached hydrogens (tertiary/aromatic N) is 5. The largest absolute Gasteiger partial charge is 0.493 e. The number of aromatic nitrogens is 4. The van der Waals surface area contributed by atoms with Crippen molar-refractivity contribution in [3.05, 3.63) is 47.5 Å².